The maximum absolute atomic E-state index is 10.9. The van der Waals surface area contributed by atoms with E-state index in [4.69, 9.17) is 39.5 Å². The molecule has 0 unspecified atom stereocenters. The number of nitro benzene ring substituents is 1. The molecule has 3 aromatic rings. The number of aromatic nitrogens is 2. The zero-order valence-electron chi connectivity index (χ0n) is 16.6. The number of hydrogen-bond acceptors (Lipinski definition) is 6. The molecule has 1 heterocycles. The minimum absolute atomic E-state index is 0.0997. The largest absolute Gasteiger partial charge is 0.489 e. The molecule has 3 rings (SSSR count). The molecule has 31 heavy (non-hydrogen) atoms. The molecule has 10 heteroatoms. The Kier molecular flexibility index (Phi) is 7.90. The zero-order valence-corrected chi connectivity index (χ0v) is 18.8. The van der Waals surface area contributed by atoms with Gasteiger partial charge in [0.25, 0.3) is 5.69 Å². The molecule has 1 N–H and O–H groups in total. The third-order valence-corrected chi connectivity index (χ3v) is 5.62. The van der Waals surface area contributed by atoms with Gasteiger partial charge in [0.15, 0.2) is 0 Å². The van der Waals surface area contributed by atoms with Crippen LogP contribution in [-0.2, 0) is 19.4 Å². The van der Waals surface area contributed by atoms with Crippen molar-refractivity contribution in [1.29, 1.82) is 0 Å². The van der Waals surface area contributed by atoms with Crippen LogP contribution in [0.3, 0.4) is 0 Å². The van der Waals surface area contributed by atoms with Crippen molar-refractivity contribution in [3.63, 3.8) is 0 Å². The fourth-order valence-electron chi connectivity index (χ4n) is 2.84. The first-order chi connectivity index (χ1) is 14.9. The number of non-ortho nitro benzene ring substituents is 1. The molecular weight excluding hydrogens is 463 g/mol. The lowest BCUT2D eigenvalue weighted by molar-refractivity contribution is -0.384. The Bertz CT molecular complexity index is 1050. The van der Waals surface area contributed by atoms with E-state index in [2.05, 4.69) is 15.3 Å². The molecule has 0 saturated heterocycles. The monoisotopic (exact) mass is 480 g/mol. The first-order valence-electron chi connectivity index (χ1n) is 9.46. The molecule has 0 aliphatic carbocycles. The van der Waals surface area contributed by atoms with Crippen LogP contribution in [0.4, 0.5) is 11.5 Å². The number of nitro groups is 1. The van der Waals surface area contributed by atoms with E-state index >= 15 is 0 Å². The van der Waals surface area contributed by atoms with E-state index in [1.165, 1.54) is 18.5 Å². The molecule has 0 aliphatic rings. The van der Waals surface area contributed by atoms with E-state index in [1.807, 2.05) is 31.2 Å². The Morgan fingerprint density at radius 3 is 2.39 bits per heavy atom. The minimum atomic E-state index is -0.544. The van der Waals surface area contributed by atoms with Gasteiger partial charge in [-0.15, -0.1) is 0 Å². The van der Waals surface area contributed by atoms with E-state index in [1.54, 1.807) is 0 Å². The lowest BCUT2D eigenvalue weighted by atomic mass is 10.1. The van der Waals surface area contributed by atoms with Crippen LogP contribution in [0, 0.1) is 10.1 Å². The zero-order chi connectivity index (χ0) is 22.4. The maximum atomic E-state index is 10.9. The van der Waals surface area contributed by atoms with Gasteiger partial charge >= 0.3 is 0 Å². The van der Waals surface area contributed by atoms with Gasteiger partial charge in [-0.1, -0.05) is 53.9 Å². The molecule has 162 valence electrons. The van der Waals surface area contributed by atoms with Crippen LogP contribution in [0.5, 0.6) is 5.75 Å². The number of anilines is 1. The van der Waals surface area contributed by atoms with E-state index in [0.717, 1.165) is 24.1 Å². The first-order valence-corrected chi connectivity index (χ1v) is 10.6. The molecule has 0 spiro atoms. The number of hydrogen-bond donors (Lipinski definition) is 1. The summed E-state index contributed by atoms with van der Waals surface area (Å²) in [6, 6.07) is 10.1. The van der Waals surface area contributed by atoms with Crippen molar-refractivity contribution < 1.29 is 9.66 Å². The molecule has 0 aliphatic heterocycles. The van der Waals surface area contributed by atoms with E-state index in [-0.39, 0.29) is 22.3 Å². The van der Waals surface area contributed by atoms with Gasteiger partial charge < -0.3 is 10.1 Å². The number of nitrogens with zero attached hydrogens (tertiary/aromatic N) is 3. The summed E-state index contributed by atoms with van der Waals surface area (Å²) in [5.74, 6) is 1.26. The summed E-state index contributed by atoms with van der Waals surface area (Å²) < 4.78 is 5.74. The van der Waals surface area contributed by atoms with Crippen LogP contribution in [0.25, 0.3) is 0 Å². The molecule has 0 atom stereocenters. The second-order valence-electron chi connectivity index (χ2n) is 6.59. The lowest BCUT2D eigenvalue weighted by Gasteiger charge is -2.11. The molecular formula is C21H19Cl3N4O3. The number of nitrogens with one attached hydrogen (secondary N) is 1. The lowest BCUT2D eigenvalue weighted by Crippen LogP contribution is -2.08. The van der Waals surface area contributed by atoms with Crippen LogP contribution in [0.1, 0.15) is 23.7 Å². The standard InChI is InChI=1S/C21H19Cl3N4O3/c1-2-19-20(24)21(27-12-26-19)25-8-7-13-3-5-15(6-4-13)31-11-16-17(22)9-14(28(29)30)10-18(16)23/h3-6,9-10,12H,2,7-8,11H2,1H3,(H,25,26,27). The van der Waals surface area contributed by atoms with Crippen molar-refractivity contribution in [2.45, 2.75) is 26.4 Å². The molecule has 0 fully saturated rings. The smallest absolute Gasteiger partial charge is 0.272 e. The summed E-state index contributed by atoms with van der Waals surface area (Å²) in [7, 11) is 0. The third-order valence-electron chi connectivity index (χ3n) is 4.55. The Morgan fingerprint density at radius 1 is 1.10 bits per heavy atom. The second-order valence-corrected chi connectivity index (χ2v) is 7.78. The molecule has 2 aromatic carbocycles. The average molecular weight is 482 g/mol. The summed E-state index contributed by atoms with van der Waals surface area (Å²) in [5.41, 5.74) is 2.25. The first kappa shape index (κ1) is 23.1. The normalized spacial score (nSPS) is 10.7. The highest BCUT2D eigenvalue weighted by Crippen LogP contribution is 2.31. The predicted molar refractivity (Wildman–Crippen MR) is 123 cm³/mol. The molecule has 0 amide bonds. The van der Waals surface area contributed by atoms with Crippen molar-refractivity contribution >= 4 is 46.3 Å². The van der Waals surface area contributed by atoms with Crippen LogP contribution in [0.15, 0.2) is 42.7 Å². The van der Waals surface area contributed by atoms with Crippen molar-refractivity contribution in [1.82, 2.24) is 9.97 Å². The SMILES string of the molecule is CCc1ncnc(NCCc2ccc(OCc3c(Cl)cc([N+](=O)[O-])cc3Cl)cc2)c1Cl. The van der Waals surface area contributed by atoms with Crippen LogP contribution in [-0.4, -0.2) is 21.4 Å². The van der Waals surface area contributed by atoms with Gasteiger partial charge in [0.05, 0.1) is 20.7 Å². The molecule has 0 radical (unpaired) electrons. The van der Waals surface area contributed by atoms with Gasteiger partial charge in [0.1, 0.15) is 29.5 Å². The highest BCUT2D eigenvalue weighted by atomic mass is 35.5. The Hall–Kier alpha value is -2.61. The highest BCUT2D eigenvalue weighted by Gasteiger charge is 2.15. The van der Waals surface area contributed by atoms with Gasteiger partial charge in [0.2, 0.25) is 0 Å². The van der Waals surface area contributed by atoms with Crippen molar-refractivity contribution in [2.75, 3.05) is 11.9 Å². The van der Waals surface area contributed by atoms with E-state index in [9.17, 15) is 10.1 Å². The van der Waals surface area contributed by atoms with Crippen LogP contribution < -0.4 is 10.1 Å². The molecule has 7 nitrogen and oxygen atoms in total. The number of rotatable bonds is 9. The Morgan fingerprint density at radius 2 is 1.77 bits per heavy atom. The predicted octanol–water partition coefficient (Wildman–Crippen LogP) is 6.14. The van der Waals surface area contributed by atoms with Crippen molar-refractivity contribution in [3.8, 4) is 5.75 Å². The van der Waals surface area contributed by atoms with E-state index < -0.39 is 4.92 Å². The van der Waals surface area contributed by atoms with Crippen molar-refractivity contribution in [3.05, 3.63) is 84.7 Å². The minimum Gasteiger partial charge on any atom is -0.489 e. The Labute approximate surface area is 194 Å². The van der Waals surface area contributed by atoms with Gasteiger partial charge in [-0.05, 0) is 30.5 Å². The maximum Gasteiger partial charge on any atom is 0.272 e. The van der Waals surface area contributed by atoms with Gasteiger partial charge in [0, 0.05) is 24.2 Å². The summed E-state index contributed by atoms with van der Waals surface area (Å²) in [5, 5.41) is 15.0. The average Bonchev–Trinajstić information content (AvgIpc) is 2.75. The summed E-state index contributed by atoms with van der Waals surface area (Å²) in [6.07, 6.45) is 3.01. The van der Waals surface area contributed by atoms with Gasteiger partial charge in [-0.2, -0.15) is 0 Å². The van der Waals surface area contributed by atoms with Gasteiger partial charge in [-0.3, -0.25) is 10.1 Å². The topological polar surface area (TPSA) is 90.2 Å². The Balaban J connectivity index is 1.55. The van der Waals surface area contributed by atoms with Crippen LogP contribution >= 0.6 is 34.8 Å². The van der Waals surface area contributed by atoms with Crippen LogP contribution in [0.2, 0.25) is 15.1 Å². The molecule has 0 saturated carbocycles. The quantitative estimate of drug-likeness (QED) is 0.291. The fraction of sp³-hybridized carbons (Fsp3) is 0.238. The summed E-state index contributed by atoms with van der Waals surface area (Å²) in [4.78, 5) is 18.7. The molecule has 1 aromatic heterocycles. The number of aryl methyl sites for hydroxylation is 1. The second kappa shape index (κ2) is 10.6. The number of benzene rings is 2. The highest BCUT2D eigenvalue weighted by molar-refractivity contribution is 6.36. The van der Waals surface area contributed by atoms with Crippen molar-refractivity contribution in [2.24, 2.45) is 0 Å². The van der Waals surface area contributed by atoms with Gasteiger partial charge in [-0.25, -0.2) is 9.97 Å². The fourth-order valence-corrected chi connectivity index (χ4v) is 3.72. The third kappa shape index (κ3) is 5.97. The van der Waals surface area contributed by atoms with E-state index in [0.29, 0.717) is 28.7 Å². The number of ether oxygens (including phenoxy) is 1. The molecule has 0 bridgehead atoms. The summed E-state index contributed by atoms with van der Waals surface area (Å²) in [6.45, 7) is 2.75. The summed E-state index contributed by atoms with van der Waals surface area (Å²) >= 11 is 18.5. The number of halogens is 3.